The first-order valence-corrected chi connectivity index (χ1v) is 11.4. The van der Waals surface area contributed by atoms with Gasteiger partial charge in [-0.3, -0.25) is 4.79 Å². The Balaban J connectivity index is 1.60. The van der Waals surface area contributed by atoms with Gasteiger partial charge in [0.1, 0.15) is 5.75 Å². The summed E-state index contributed by atoms with van der Waals surface area (Å²) >= 11 is 7.71. The molecule has 3 rings (SSSR count). The van der Waals surface area contributed by atoms with Gasteiger partial charge in [0.05, 0.1) is 23.7 Å². The Morgan fingerprint density at radius 3 is 2.48 bits per heavy atom. The Bertz CT molecular complexity index is 808. The van der Waals surface area contributed by atoms with E-state index in [2.05, 4.69) is 22.0 Å². The van der Waals surface area contributed by atoms with E-state index >= 15 is 0 Å². The zero-order valence-corrected chi connectivity index (χ0v) is 18.6. The number of hydrogen-bond donors (Lipinski definition) is 1. The Kier molecular flexibility index (Phi) is 8.09. The van der Waals surface area contributed by atoms with Crippen LogP contribution in [0.4, 0.5) is 11.4 Å². The van der Waals surface area contributed by atoms with Crippen molar-refractivity contribution in [2.45, 2.75) is 18.7 Å². The molecule has 0 spiro atoms. The Morgan fingerprint density at radius 2 is 1.83 bits per heavy atom. The minimum absolute atomic E-state index is 0.0420. The molecule has 1 amide bonds. The zero-order chi connectivity index (χ0) is 20.6. The topological polar surface area (TPSA) is 44.8 Å². The molecule has 1 aliphatic rings. The average Bonchev–Trinajstić information content (AvgIpc) is 2.74. The van der Waals surface area contributed by atoms with E-state index in [0.29, 0.717) is 17.4 Å². The summed E-state index contributed by atoms with van der Waals surface area (Å²) in [5, 5.41) is 3.67. The first kappa shape index (κ1) is 21.8. The third kappa shape index (κ3) is 6.29. The Morgan fingerprint density at radius 1 is 1.10 bits per heavy atom. The maximum absolute atomic E-state index is 12.6. The summed E-state index contributed by atoms with van der Waals surface area (Å²) in [6, 6.07) is 13.5. The Labute approximate surface area is 182 Å². The van der Waals surface area contributed by atoms with Gasteiger partial charge in [-0.15, -0.1) is 11.8 Å². The number of halogens is 1. The van der Waals surface area contributed by atoms with E-state index in [1.807, 2.05) is 49.4 Å². The Hall–Kier alpha value is -1.89. The molecule has 156 valence electrons. The van der Waals surface area contributed by atoms with Crippen molar-refractivity contribution in [1.29, 1.82) is 0 Å². The van der Waals surface area contributed by atoms with Crippen LogP contribution >= 0.6 is 23.4 Å². The lowest BCUT2D eigenvalue weighted by Gasteiger charge is -2.36. The molecule has 0 aliphatic carbocycles. The van der Waals surface area contributed by atoms with E-state index in [-0.39, 0.29) is 5.91 Å². The molecule has 0 saturated carbocycles. The lowest BCUT2D eigenvalue weighted by atomic mass is 10.2. The van der Waals surface area contributed by atoms with Gasteiger partial charge < -0.3 is 19.9 Å². The number of nitrogens with one attached hydrogen (secondary N) is 1. The lowest BCUT2D eigenvalue weighted by Crippen LogP contribution is -2.46. The van der Waals surface area contributed by atoms with Crippen molar-refractivity contribution in [3.63, 3.8) is 0 Å². The van der Waals surface area contributed by atoms with Gasteiger partial charge in [-0.05, 0) is 55.9 Å². The molecule has 2 aromatic rings. The smallest absolute Gasteiger partial charge is 0.234 e. The van der Waals surface area contributed by atoms with Crippen LogP contribution < -0.4 is 15.0 Å². The third-order valence-corrected chi connectivity index (χ3v) is 6.14. The van der Waals surface area contributed by atoms with Gasteiger partial charge in [0.15, 0.2) is 0 Å². The molecule has 0 aromatic heterocycles. The molecule has 29 heavy (non-hydrogen) atoms. The van der Waals surface area contributed by atoms with E-state index in [9.17, 15) is 4.79 Å². The molecule has 0 atom stereocenters. The van der Waals surface area contributed by atoms with Gasteiger partial charge >= 0.3 is 0 Å². The van der Waals surface area contributed by atoms with E-state index in [4.69, 9.17) is 16.3 Å². The number of likely N-dealkylation sites (N-methyl/N-ethyl adjacent to an activating group) is 1. The van der Waals surface area contributed by atoms with Crippen LogP contribution in [0.5, 0.6) is 5.75 Å². The minimum Gasteiger partial charge on any atom is -0.494 e. The molecule has 2 aromatic carbocycles. The van der Waals surface area contributed by atoms with Crippen molar-refractivity contribution in [2.24, 2.45) is 0 Å². The van der Waals surface area contributed by atoms with Crippen LogP contribution in [0.1, 0.15) is 13.8 Å². The van der Waals surface area contributed by atoms with Gasteiger partial charge in [-0.2, -0.15) is 0 Å². The monoisotopic (exact) mass is 433 g/mol. The second kappa shape index (κ2) is 10.8. The summed E-state index contributed by atoms with van der Waals surface area (Å²) in [5.41, 5.74) is 1.81. The molecule has 0 unspecified atom stereocenters. The van der Waals surface area contributed by atoms with Crippen molar-refractivity contribution in [3.05, 3.63) is 47.5 Å². The van der Waals surface area contributed by atoms with E-state index in [1.54, 1.807) is 0 Å². The average molecular weight is 434 g/mol. The minimum atomic E-state index is -0.0420. The highest BCUT2D eigenvalue weighted by atomic mass is 35.5. The summed E-state index contributed by atoms with van der Waals surface area (Å²) in [6.07, 6.45) is 0. The van der Waals surface area contributed by atoms with Gasteiger partial charge in [0, 0.05) is 36.1 Å². The van der Waals surface area contributed by atoms with Crippen molar-refractivity contribution in [3.8, 4) is 5.75 Å². The number of anilines is 2. The van der Waals surface area contributed by atoms with Crippen molar-refractivity contribution in [1.82, 2.24) is 4.90 Å². The molecule has 1 N–H and O–H groups in total. The predicted octanol–water partition coefficient (Wildman–Crippen LogP) is 4.61. The highest BCUT2D eigenvalue weighted by Crippen LogP contribution is 2.30. The summed E-state index contributed by atoms with van der Waals surface area (Å²) in [5.74, 6) is 1.14. The third-order valence-electron chi connectivity index (χ3n) is 4.90. The largest absolute Gasteiger partial charge is 0.494 e. The normalized spacial score (nSPS) is 14.7. The van der Waals surface area contributed by atoms with Gasteiger partial charge in [-0.25, -0.2) is 0 Å². The molecular formula is C22H28ClN3O2S. The van der Waals surface area contributed by atoms with Crippen LogP contribution in [0.2, 0.25) is 5.02 Å². The van der Waals surface area contributed by atoms with Gasteiger partial charge in [0.25, 0.3) is 0 Å². The lowest BCUT2D eigenvalue weighted by molar-refractivity contribution is -0.113. The molecular weight excluding hydrogens is 406 g/mol. The molecule has 1 aliphatic heterocycles. The second-order valence-corrected chi connectivity index (χ2v) is 8.31. The highest BCUT2D eigenvalue weighted by molar-refractivity contribution is 8.00. The molecule has 1 fully saturated rings. The summed E-state index contributed by atoms with van der Waals surface area (Å²) in [4.78, 5) is 18.4. The van der Waals surface area contributed by atoms with Crippen molar-refractivity contribution in [2.75, 3.05) is 55.3 Å². The van der Waals surface area contributed by atoms with E-state index in [0.717, 1.165) is 54.7 Å². The number of carbonyl (C=O) groups is 1. The number of thioether (sulfide) groups is 1. The number of amides is 1. The fraction of sp³-hybridized carbons (Fsp3) is 0.409. The fourth-order valence-corrected chi connectivity index (χ4v) is 4.19. The number of piperazine rings is 1. The standard InChI is InChI=1S/C22H28ClN3O2S/c1-3-25-11-13-26(14-12-25)21-10-5-17(23)15-20(21)24-22(27)16-29-19-8-6-18(7-9-19)28-4-2/h5-10,15H,3-4,11-14,16H2,1-2H3,(H,24,27). The van der Waals surface area contributed by atoms with Crippen LogP contribution in [0.15, 0.2) is 47.4 Å². The molecule has 0 radical (unpaired) electrons. The summed E-state index contributed by atoms with van der Waals surface area (Å²) in [6.45, 7) is 9.80. The van der Waals surface area contributed by atoms with Gasteiger partial charge in [0.2, 0.25) is 5.91 Å². The van der Waals surface area contributed by atoms with Gasteiger partial charge in [-0.1, -0.05) is 18.5 Å². The number of hydrogen-bond acceptors (Lipinski definition) is 5. The molecule has 7 heteroatoms. The molecule has 0 bridgehead atoms. The summed E-state index contributed by atoms with van der Waals surface area (Å²) in [7, 11) is 0. The number of rotatable bonds is 8. The van der Waals surface area contributed by atoms with Crippen molar-refractivity contribution >= 4 is 40.6 Å². The van der Waals surface area contributed by atoms with Crippen LogP contribution in [-0.2, 0) is 4.79 Å². The van der Waals surface area contributed by atoms with Crippen LogP contribution in [0.3, 0.4) is 0 Å². The van der Waals surface area contributed by atoms with Crippen LogP contribution in [0.25, 0.3) is 0 Å². The number of ether oxygens (including phenoxy) is 1. The SMILES string of the molecule is CCOc1ccc(SCC(=O)Nc2cc(Cl)ccc2N2CCN(CC)CC2)cc1. The summed E-state index contributed by atoms with van der Waals surface area (Å²) < 4.78 is 5.45. The predicted molar refractivity (Wildman–Crippen MR) is 123 cm³/mol. The fourth-order valence-electron chi connectivity index (χ4n) is 3.32. The quantitative estimate of drug-likeness (QED) is 0.616. The second-order valence-electron chi connectivity index (χ2n) is 6.82. The highest BCUT2D eigenvalue weighted by Gasteiger charge is 2.19. The zero-order valence-electron chi connectivity index (χ0n) is 17.0. The van der Waals surface area contributed by atoms with E-state index < -0.39 is 0 Å². The maximum atomic E-state index is 12.6. The van der Waals surface area contributed by atoms with Crippen molar-refractivity contribution < 1.29 is 9.53 Å². The molecule has 1 saturated heterocycles. The molecule has 1 heterocycles. The number of benzene rings is 2. The van der Waals surface area contributed by atoms with E-state index in [1.165, 1.54) is 11.8 Å². The number of nitrogens with zero attached hydrogens (tertiary/aromatic N) is 2. The molecule has 5 nitrogen and oxygen atoms in total. The van der Waals surface area contributed by atoms with Crippen LogP contribution in [0, 0.1) is 0 Å². The van der Waals surface area contributed by atoms with Crippen LogP contribution in [-0.4, -0.2) is 55.9 Å². The first-order chi connectivity index (χ1) is 14.1. The first-order valence-electron chi connectivity index (χ1n) is 10.0. The maximum Gasteiger partial charge on any atom is 0.234 e. The number of carbonyl (C=O) groups excluding carboxylic acids is 1.